The summed E-state index contributed by atoms with van der Waals surface area (Å²) in [5.74, 6) is 0.0422. The van der Waals surface area contributed by atoms with Gasteiger partial charge in [-0.3, -0.25) is 4.79 Å². The van der Waals surface area contributed by atoms with Crippen LogP contribution in [0.5, 0.6) is 11.5 Å². The Hall–Kier alpha value is -4.35. The summed E-state index contributed by atoms with van der Waals surface area (Å²) in [4.78, 5) is 19.9. The molecule has 35 heavy (non-hydrogen) atoms. The molecular formula is C26H20ClFN4O3. The molecule has 0 spiro atoms. The Kier molecular flexibility index (Phi) is 6.99. The fourth-order valence-electron chi connectivity index (χ4n) is 3.40. The zero-order valence-corrected chi connectivity index (χ0v) is 19.6. The maximum atomic E-state index is 13.0. The molecule has 0 saturated carbocycles. The molecule has 1 aromatic heterocycles. The number of allylic oxidation sites excluding steroid dienone is 1. The van der Waals surface area contributed by atoms with Crippen molar-refractivity contribution < 1.29 is 18.7 Å². The fraction of sp³-hybridized carbons (Fsp3) is 0.115. The van der Waals surface area contributed by atoms with Gasteiger partial charge >= 0.3 is 0 Å². The molecule has 0 atom stereocenters. The Bertz CT molecular complexity index is 1470. The molecule has 9 heteroatoms. The monoisotopic (exact) mass is 490 g/mol. The number of benzene rings is 3. The quantitative estimate of drug-likeness (QED) is 0.321. The molecule has 0 unspecified atom stereocenters. The molecule has 0 fully saturated rings. The molecule has 0 radical (unpaired) electrons. The molecule has 4 aromatic rings. The van der Waals surface area contributed by atoms with Crippen LogP contribution in [0.1, 0.15) is 17.0 Å². The van der Waals surface area contributed by atoms with Crippen molar-refractivity contribution in [1.29, 1.82) is 5.26 Å². The minimum absolute atomic E-state index is 0.179. The van der Waals surface area contributed by atoms with Crippen LogP contribution >= 0.6 is 11.6 Å². The van der Waals surface area contributed by atoms with Gasteiger partial charge in [0.05, 0.1) is 28.7 Å². The van der Waals surface area contributed by atoms with Crippen LogP contribution in [0.2, 0.25) is 5.02 Å². The summed E-state index contributed by atoms with van der Waals surface area (Å²) in [6, 6.07) is 16.6. The Balaban J connectivity index is 1.54. The van der Waals surface area contributed by atoms with Crippen LogP contribution in [0.15, 0.2) is 54.6 Å². The van der Waals surface area contributed by atoms with E-state index in [1.54, 1.807) is 18.2 Å². The molecule has 2 N–H and O–H groups in total. The highest BCUT2D eigenvalue weighted by atomic mass is 35.5. The van der Waals surface area contributed by atoms with Crippen molar-refractivity contribution in [2.45, 2.75) is 6.92 Å². The average Bonchev–Trinajstić information content (AvgIpc) is 3.26. The summed E-state index contributed by atoms with van der Waals surface area (Å²) >= 11 is 6.41. The van der Waals surface area contributed by atoms with Crippen molar-refractivity contribution >= 4 is 45.9 Å². The number of carbonyl (C=O) groups excluding carboxylic acids is 1. The second-order valence-electron chi connectivity index (χ2n) is 7.65. The number of hydrogen-bond acceptors (Lipinski definition) is 5. The Morgan fingerprint density at radius 1 is 1.23 bits per heavy atom. The number of fused-ring (bicyclic) bond motifs is 1. The Morgan fingerprint density at radius 3 is 2.71 bits per heavy atom. The maximum Gasteiger partial charge on any atom is 0.262 e. The van der Waals surface area contributed by atoms with Crippen LogP contribution in [0.4, 0.5) is 10.1 Å². The number of rotatable bonds is 7. The molecule has 0 aliphatic heterocycles. The number of ether oxygens (including phenoxy) is 2. The van der Waals surface area contributed by atoms with Gasteiger partial charge in [0.2, 0.25) is 0 Å². The highest BCUT2D eigenvalue weighted by molar-refractivity contribution is 6.32. The van der Waals surface area contributed by atoms with Gasteiger partial charge in [0.1, 0.15) is 17.7 Å². The highest BCUT2D eigenvalue weighted by Crippen LogP contribution is 2.37. The normalized spacial score (nSPS) is 11.2. The minimum Gasteiger partial charge on any atom is -0.493 e. The van der Waals surface area contributed by atoms with E-state index < -0.39 is 11.7 Å². The van der Waals surface area contributed by atoms with E-state index in [4.69, 9.17) is 21.1 Å². The lowest BCUT2D eigenvalue weighted by atomic mass is 10.1. The highest BCUT2D eigenvalue weighted by Gasteiger charge is 2.15. The predicted molar refractivity (Wildman–Crippen MR) is 133 cm³/mol. The summed E-state index contributed by atoms with van der Waals surface area (Å²) in [6.07, 6.45) is 1.63. The number of carbonyl (C=O) groups is 1. The standard InChI is InChI=1S/C26H20ClFN4O3/c1-15-3-8-21-22(9-15)32-26(31-21)17(13-29)10-16-11-20(27)25(23(12-16)34-2)35-14-24(33)30-19-6-4-18(28)5-7-19/h3-12H,14H2,1-2H3,(H,30,33)(H,31,32)/b17-10-. The summed E-state index contributed by atoms with van der Waals surface area (Å²) in [6.45, 7) is 1.63. The number of amides is 1. The second kappa shape index (κ2) is 10.3. The van der Waals surface area contributed by atoms with Gasteiger partial charge in [-0.1, -0.05) is 17.7 Å². The number of H-pyrrole nitrogens is 1. The zero-order chi connectivity index (χ0) is 24.9. The minimum atomic E-state index is -0.453. The summed E-state index contributed by atoms with van der Waals surface area (Å²) in [7, 11) is 1.44. The van der Waals surface area contributed by atoms with E-state index >= 15 is 0 Å². The van der Waals surface area contributed by atoms with Gasteiger partial charge in [-0.05, 0) is 72.7 Å². The van der Waals surface area contributed by atoms with Gasteiger partial charge in [0, 0.05) is 5.69 Å². The van der Waals surface area contributed by atoms with Crippen molar-refractivity contribution in [2.75, 3.05) is 19.0 Å². The third kappa shape index (κ3) is 5.60. The maximum absolute atomic E-state index is 13.0. The topological polar surface area (TPSA) is 100 Å². The molecule has 4 rings (SSSR count). The van der Waals surface area contributed by atoms with E-state index in [0.717, 1.165) is 16.6 Å². The molecule has 7 nitrogen and oxygen atoms in total. The van der Waals surface area contributed by atoms with Crippen molar-refractivity contribution in [1.82, 2.24) is 9.97 Å². The smallest absolute Gasteiger partial charge is 0.262 e. The van der Waals surface area contributed by atoms with E-state index in [1.165, 1.54) is 31.4 Å². The Morgan fingerprint density at radius 2 is 2.00 bits per heavy atom. The van der Waals surface area contributed by atoms with Crippen LogP contribution < -0.4 is 14.8 Å². The number of aromatic amines is 1. The number of halogens is 2. The van der Waals surface area contributed by atoms with Gasteiger partial charge in [-0.15, -0.1) is 0 Å². The first-order valence-corrected chi connectivity index (χ1v) is 10.9. The van der Waals surface area contributed by atoms with Crippen LogP contribution in [0, 0.1) is 24.1 Å². The summed E-state index contributed by atoms with van der Waals surface area (Å²) < 4.78 is 24.0. The molecule has 176 valence electrons. The fourth-order valence-corrected chi connectivity index (χ4v) is 3.68. The lowest BCUT2D eigenvalue weighted by Crippen LogP contribution is -2.20. The van der Waals surface area contributed by atoms with Crippen molar-refractivity contribution in [2.24, 2.45) is 0 Å². The molecule has 1 amide bonds. The van der Waals surface area contributed by atoms with Crippen LogP contribution in [-0.4, -0.2) is 29.6 Å². The zero-order valence-electron chi connectivity index (χ0n) is 18.9. The van der Waals surface area contributed by atoms with Gasteiger partial charge in [0.15, 0.2) is 18.1 Å². The number of imidazole rings is 1. The van der Waals surface area contributed by atoms with Crippen molar-refractivity contribution in [3.63, 3.8) is 0 Å². The number of aromatic nitrogens is 2. The third-order valence-electron chi connectivity index (χ3n) is 5.05. The lowest BCUT2D eigenvalue weighted by Gasteiger charge is -2.13. The van der Waals surface area contributed by atoms with E-state index in [0.29, 0.717) is 22.6 Å². The average molecular weight is 491 g/mol. The molecule has 0 aliphatic rings. The van der Waals surface area contributed by atoms with E-state index in [1.807, 2.05) is 25.1 Å². The lowest BCUT2D eigenvalue weighted by molar-refractivity contribution is -0.118. The number of methoxy groups -OCH3 is 1. The van der Waals surface area contributed by atoms with Gasteiger partial charge in [-0.25, -0.2) is 9.37 Å². The molecule has 1 heterocycles. The molecule has 0 aliphatic carbocycles. The summed E-state index contributed by atoms with van der Waals surface area (Å²) in [5, 5.41) is 12.5. The second-order valence-corrected chi connectivity index (χ2v) is 8.06. The largest absolute Gasteiger partial charge is 0.493 e. The van der Waals surface area contributed by atoms with Crippen molar-refractivity contribution in [3.8, 4) is 17.6 Å². The molecule has 0 saturated heterocycles. The SMILES string of the molecule is COc1cc(/C=C(/C#N)c2nc3ccc(C)cc3[nH]2)cc(Cl)c1OCC(=O)Nc1ccc(F)cc1. The number of aryl methyl sites for hydroxylation is 1. The molecular weight excluding hydrogens is 471 g/mol. The predicted octanol–water partition coefficient (Wildman–Crippen LogP) is 5.75. The van der Waals surface area contributed by atoms with E-state index in [-0.39, 0.29) is 23.1 Å². The number of nitrogens with zero attached hydrogens (tertiary/aromatic N) is 2. The first-order valence-electron chi connectivity index (χ1n) is 10.5. The first kappa shape index (κ1) is 23.8. The van der Waals surface area contributed by atoms with E-state index in [9.17, 15) is 14.4 Å². The van der Waals surface area contributed by atoms with Gasteiger partial charge < -0.3 is 19.8 Å². The van der Waals surface area contributed by atoms with Gasteiger partial charge in [-0.2, -0.15) is 5.26 Å². The van der Waals surface area contributed by atoms with Crippen LogP contribution in [0.3, 0.4) is 0 Å². The molecule has 0 bridgehead atoms. The number of hydrogen-bond donors (Lipinski definition) is 2. The first-order chi connectivity index (χ1) is 16.9. The third-order valence-corrected chi connectivity index (χ3v) is 5.33. The number of anilines is 1. The van der Waals surface area contributed by atoms with Crippen LogP contribution in [0.25, 0.3) is 22.7 Å². The van der Waals surface area contributed by atoms with Gasteiger partial charge in [0.25, 0.3) is 5.91 Å². The van der Waals surface area contributed by atoms with Crippen LogP contribution in [-0.2, 0) is 4.79 Å². The summed E-state index contributed by atoms with van der Waals surface area (Å²) in [5.41, 5.74) is 3.99. The van der Waals surface area contributed by atoms with Crippen molar-refractivity contribution in [3.05, 3.63) is 82.4 Å². The Labute approximate surface area is 205 Å². The number of nitrogens with one attached hydrogen (secondary N) is 2. The molecule has 3 aromatic carbocycles. The van der Waals surface area contributed by atoms with E-state index in [2.05, 4.69) is 21.4 Å². The number of nitriles is 1.